The van der Waals surface area contributed by atoms with Crippen molar-refractivity contribution in [1.82, 2.24) is 10.2 Å². The van der Waals surface area contributed by atoms with Crippen LogP contribution >= 0.6 is 0 Å². The van der Waals surface area contributed by atoms with Gasteiger partial charge in [0.2, 0.25) is 0 Å². The van der Waals surface area contributed by atoms with Crippen LogP contribution in [0.15, 0.2) is 44.7 Å². The Morgan fingerprint density at radius 3 is 2.81 bits per heavy atom. The summed E-state index contributed by atoms with van der Waals surface area (Å²) in [6.45, 7) is 1.84. The molecule has 1 saturated carbocycles. The normalized spacial score (nSPS) is 31.5. The van der Waals surface area contributed by atoms with E-state index >= 15 is 0 Å². The van der Waals surface area contributed by atoms with Crippen LogP contribution < -0.4 is 5.32 Å². The molecule has 0 radical (unpaired) electrons. The van der Waals surface area contributed by atoms with Crippen LogP contribution in [0.2, 0.25) is 0 Å². The maximum Gasteiger partial charge on any atom is 0.199 e. The van der Waals surface area contributed by atoms with Crippen LogP contribution in [0.1, 0.15) is 43.8 Å². The summed E-state index contributed by atoms with van der Waals surface area (Å²) in [5, 5.41) is 14.2. The van der Waals surface area contributed by atoms with Crippen LogP contribution in [0.5, 0.6) is 0 Å². The molecule has 1 aliphatic carbocycles. The first-order chi connectivity index (χ1) is 15.1. The third-order valence-electron chi connectivity index (χ3n) is 7.17. The van der Waals surface area contributed by atoms with E-state index in [9.17, 15) is 9.32 Å². The van der Waals surface area contributed by atoms with E-state index in [1.165, 1.54) is 0 Å². The molecule has 2 saturated heterocycles. The van der Waals surface area contributed by atoms with Crippen molar-refractivity contribution in [3.05, 3.63) is 36.1 Å². The maximum atomic E-state index is 12.6. The minimum atomic E-state index is -0.950. The molecule has 1 aromatic carbocycles. The van der Waals surface area contributed by atoms with Crippen molar-refractivity contribution in [2.24, 2.45) is 9.98 Å². The molecule has 3 unspecified atom stereocenters. The number of hydrogen-bond acceptors (Lipinski definition) is 6. The zero-order valence-corrected chi connectivity index (χ0v) is 18.3. The van der Waals surface area contributed by atoms with Gasteiger partial charge in [0.05, 0.1) is 18.2 Å². The predicted octanol–water partition coefficient (Wildman–Crippen LogP) is 2.38. The maximum absolute atomic E-state index is 12.6. The number of aliphatic hydroxyl groups excluding tert-OH is 1. The van der Waals surface area contributed by atoms with Crippen LogP contribution in [0, 0.1) is 0 Å². The molecule has 3 atom stereocenters. The van der Waals surface area contributed by atoms with Gasteiger partial charge in [-0.3, -0.25) is 9.20 Å². The molecule has 8 heteroatoms. The highest BCUT2D eigenvalue weighted by molar-refractivity contribution is 7.86. The van der Waals surface area contributed by atoms with Gasteiger partial charge in [-0.1, -0.05) is 18.2 Å². The number of amidine groups is 1. The lowest BCUT2D eigenvalue weighted by molar-refractivity contribution is 0.257. The molecule has 0 spiro atoms. The van der Waals surface area contributed by atoms with Crippen LogP contribution in [-0.4, -0.2) is 68.3 Å². The average Bonchev–Trinajstić information content (AvgIpc) is 3.26. The van der Waals surface area contributed by atoms with Crippen molar-refractivity contribution >= 4 is 33.6 Å². The molecule has 7 nitrogen and oxygen atoms in total. The number of hydrogen-bond donors (Lipinski definition) is 2. The predicted molar refractivity (Wildman–Crippen MR) is 122 cm³/mol. The fourth-order valence-corrected chi connectivity index (χ4v) is 6.68. The topological polar surface area (TPSA) is 90.4 Å². The third kappa shape index (κ3) is 3.49. The van der Waals surface area contributed by atoms with Gasteiger partial charge >= 0.3 is 0 Å². The zero-order chi connectivity index (χ0) is 21.0. The zero-order valence-electron chi connectivity index (χ0n) is 17.5. The van der Waals surface area contributed by atoms with Gasteiger partial charge in [0.15, 0.2) is 5.96 Å². The van der Waals surface area contributed by atoms with Crippen molar-refractivity contribution in [3.8, 4) is 0 Å². The minimum Gasteiger partial charge on any atom is -0.461 e. The highest BCUT2D eigenvalue weighted by Crippen LogP contribution is 2.40. The Bertz CT molecular complexity index is 1050. The van der Waals surface area contributed by atoms with E-state index in [2.05, 4.69) is 22.3 Å². The number of piperidine rings is 1. The summed E-state index contributed by atoms with van der Waals surface area (Å²) >= 11 is 0. The van der Waals surface area contributed by atoms with Gasteiger partial charge in [0.25, 0.3) is 0 Å². The summed E-state index contributed by atoms with van der Waals surface area (Å²) in [4.78, 5) is 12.1. The molecule has 0 bridgehead atoms. The van der Waals surface area contributed by atoms with E-state index in [4.69, 9.17) is 14.4 Å². The second-order valence-electron chi connectivity index (χ2n) is 9.27. The fourth-order valence-electron chi connectivity index (χ4n) is 5.04. The Hall–Kier alpha value is -2.19. The number of guanidine groups is 1. The number of para-hydroxylation sites is 1. The second kappa shape index (κ2) is 7.45. The van der Waals surface area contributed by atoms with Gasteiger partial charge in [0.1, 0.15) is 22.4 Å². The Balaban J connectivity index is 1.19. The molecule has 3 fully saturated rings. The highest BCUT2D eigenvalue weighted by Gasteiger charge is 2.47. The van der Waals surface area contributed by atoms with Crippen molar-refractivity contribution in [3.63, 3.8) is 0 Å². The quantitative estimate of drug-likeness (QED) is 0.765. The minimum absolute atomic E-state index is 0.0263. The summed E-state index contributed by atoms with van der Waals surface area (Å²) in [7, 11) is -0.950. The molecule has 2 N–H and O–H groups in total. The summed E-state index contributed by atoms with van der Waals surface area (Å²) in [6, 6.07) is 10.4. The molecular formula is C23H28N4O3S. The van der Waals surface area contributed by atoms with Crippen molar-refractivity contribution in [2.45, 2.75) is 54.9 Å². The lowest BCUT2D eigenvalue weighted by atomic mass is 9.94. The first-order valence-corrected chi connectivity index (χ1v) is 12.7. The molecule has 4 aliphatic rings. The molecule has 31 heavy (non-hydrogen) atoms. The van der Waals surface area contributed by atoms with E-state index in [-0.39, 0.29) is 23.4 Å². The molecule has 1 aromatic heterocycles. The van der Waals surface area contributed by atoms with Gasteiger partial charge < -0.3 is 19.7 Å². The number of aliphatic imine (C=N–C) groups is 2. The Labute approximate surface area is 184 Å². The number of nitrogens with one attached hydrogen (secondary N) is 1. The van der Waals surface area contributed by atoms with Crippen molar-refractivity contribution in [2.75, 3.05) is 25.4 Å². The first-order valence-electron chi connectivity index (χ1n) is 11.3. The molecule has 164 valence electrons. The lowest BCUT2D eigenvalue weighted by Gasteiger charge is -2.37. The van der Waals surface area contributed by atoms with Crippen LogP contribution in [-0.2, 0) is 10.8 Å². The van der Waals surface area contributed by atoms with Gasteiger partial charge in [0, 0.05) is 40.9 Å². The summed E-state index contributed by atoms with van der Waals surface area (Å²) in [5.74, 6) is 3.79. The third-order valence-corrected chi connectivity index (χ3v) is 8.91. The summed E-state index contributed by atoms with van der Waals surface area (Å²) in [6.07, 6.45) is 4.65. The fraction of sp³-hybridized carbons (Fsp3) is 0.565. The number of rotatable bonds is 3. The van der Waals surface area contributed by atoms with E-state index in [1.807, 2.05) is 18.2 Å². The number of benzene rings is 1. The van der Waals surface area contributed by atoms with Gasteiger partial charge in [-0.05, 0) is 44.2 Å². The van der Waals surface area contributed by atoms with Gasteiger partial charge in [-0.15, -0.1) is 0 Å². The van der Waals surface area contributed by atoms with Gasteiger partial charge in [-0.2, -0.15) is 0 Å². The Kier molecular flexibility index (Phi) is 4.68. The van der Waals surface area contributed by atoms with Crippen molar-refractivity contribution in [1.29, 1.82) is 0 Å². The van der Waals surface area contributed by atoms with E-state index < -0.39 is 10.8 Å². The highest BCUT2D eigenvalue weighted by atomic mass is 32.2. The summed E-state index contributed by atoms with van der Waals surface area (Å²) < 4.78 is 18.7. The smallest absolute Gasteiger partial charge is 0.199 e. The molecule has 4 heterocycles. The molecule has 2 aromatic rings. The number of furan rings is 1. The van der Waals surface area contributed by atoms with Crippen molar-refractivity contribution < 1.29 is 13.7 Å². The first kappa shape index (κ1) is 19.5. The van der Waals surface area contributed by atoms with Gasteiger partial charge in [-0.25, -0.2) is 4.99 Å². The van der Waals surface area contributed by atoms with E-state index in [1.54, 1.807) is 0 Å². The Morgan fingerprint density at radius 1 is 1.26 bits per heavy atom. The number of aliphatic hydroxyl groups is 1. The molecule has 6 rings (SSSR count). The standard InChI is InChI=1S/C23H28N4O3S/c28-14-23(8-9-23)26-21-20-17(7-12-31(20)29)24-22(25-21)27-10-5-15(6-11-27)19-13-16-3-1-2-4-18(16)30-19/h1-4,13,15,17,20,28H,5-12,14H2,(H,24,25,26). The largest absolute Gasteiger partial charge is 0.461 e. The molecule has 3 aliphatic heterocycles. The number of fused-ring (bicyclic) bond motifs is 2. The monoisotopic (exact) mass is 440 g/mol. The lowest BCUT2D eigenvalue weighted by Crippen LogP contribution is -2.56. The Morgan fingerprint density at radius 2 is 2.06 bits per heavy atom. The van der Waals surface area contributed by atoms with Crippen LogP contribution in [0.4, 0.5) is 0 Å². The number of likely N-dealkylation sites (tertiary alicyclic amines) is 1. The molecule has 0 amide bonds. The van der Waals surface area contributed by atoms with Crippen LogP contribution in [0.3, 0.4) is 0 Å². The van der Waals surface area contributed by atoms with E-state index in [0.29, 0.717) is 11.7 Å². The summed E-state index contributed by atoms with van der Waals surface area (Å²) in [5.41, 5.74) is 0.591. The molecular weight excluding hydrogens is 412 g/mol. The SMILES string of the molecule is O=S1CCC2N=C(N3CCC(c4cc5ccccc5o4)CC3)NC(=NC3(CO)CC3)C21. The second-order valence-corrected chi connectivity index (χ2v) is 10.9. The average molecular weight is 441 g/mol. The number of nitrogens with zero attached hydrogens (tertiary/aromatic N) is 3. The van der Waals surface area contributed by atoms with Crippen LogP contribution in [0.25, 0.3) is 11.0 Å². The van der Waals surface area contributed by atoms with E-state index in [0.717, 1.165) is 73.7 Å².